The fourth-order valence-corrected chi connectivity index (χ4v) is 3.04. The second-order valence-corrected chi connectivity index (χ2v) is 6.40. The van der Waals surface area contributed by atoms with Crippen LogP contribution in [0, 0.1) is 0 Å². The van der Waals surface area contributed by atoms with Crippen LogP contribution in [0.25, 0.3) is 0 Å². The van der Waals surface area contributed by atoms with Gasteiger partial charge in [0.05, 0.1) is 18.0 Å². The molecule has 6 nitrogen and oxygen atoms in total. The number of rotatable bonds is 6. The minimum absolute atomic E-state index is 0.0337. The van der Waals surface area contributed by atoms with Crippen molar-refractivity contribution in [3.8, 4) is 0 Å². The van der Waals surface area contributed by atoms with Crippen molar-refractivity contribution in [2.24, 2.45) is 4.99 Å². The van der Waals surface area contributed by atoms with Crippen LogP contribution in [-0.2, 0) is 14.3 Å². The number of fused-ring (bicyclic) bond motifs is 1. The first-order valence-corrected chi connectivity index (χ1v) is 8.96. The Morgan fingerprint density at radius 1 is 1.26 bits per heavy atom. The van der Waals surface area contributed by atoms with Crippen LogP contribution in [0.5, 0.6) is 0 Å². The topological polar surface area (TPSA) is 71.0 Å². The molecule has 2 amide bonds. The fourth-order valence-electron chi connectivity index (χ4n) is 2.87. The van der Waals surface area contributed by atoms with Gasteiger partial charge in [-0.2, -0.15) is 0 Å². The van der Waals surface area contributed by atoms with Crippen LogP contribution in [-0.4, -0.2) is 50.9 Å². The number of hydrogen-bond donors (Lipinski definition) is 1. The third kappa shape index (κ3) is 4.53. The number of halogens is 1. The van der Waals surface area contributed by atoms with Gasteiger partial charge in [0, 0.05) is 29.7 Å². The van der Waals surface area contributed by atoms with E-state index in [0.29, 0.717) is 11.6 Å². The molecule has 0 saturated heterocycles. The van der Waals surface area contributed by atoms with Gasteiger partial charge < -0.3 is 15.0 Å². The zero-order valence-corrected chi connectivity index (χ0v) is 15.7. The monoisotopic (exact) mass is 385 g/mol. The van der Waals surface area contributed by atoms with Gasteiger partial charge in [-0.15, -0.1) is 0 Å². The van der Waals surface area contributed by atoms with Gasteiger partial charge in [-0.3, -0.25) is 14.6 Å². The SMILES string of the molecule is CNC(=O)COCCN1C(=O)CN=C(c2ccccc2)c2cc(Cl)ccc21. The largest absolute Gasteiger partial charge is 0.370 e. The van der Waals surface area contributed by atoms with Crippen molar-refractivity contribution in [1.29, 1.82) is 0 Å². The Bertz CT molecular complexity index is 868. The van der Waals surface area contributed by atoms with Gasteiger partial charge >= 0.3 is 0 Å². The molecule has 0 aromatic heterocycles. The van der Waals surface area contributed by atoms with E-state index in [-0.39, 0.29) is 31.6 Å². The van der Waals surface area contributed by atoms with Gasteiger partial charge in [-0.1, -0.05) is 41.9 Å². The summed E-state index contributed by atoms with van der Waals surface area (Å²) in [5, 5.41) is 3.06. The predicted octanol–water partition coefficient (Wildman–Crippen LogP) is 2.29. The molecule has 7 heteroatoms. The summed E-state index contributed by atoms with van der Waals surface area (Å²) in [4.78, 5) is 30.1. The molecule has 140 valence electrons. The highest BCUT2D eigenvalue weighted by Gasteiger charge is 2.25. The predicted molar refractivity (Wildman–Crippen MR) is 106 cm³/mol. The summed E-state index contributed by atoms with van der Waals surface area (Å²) in [5.41, 5.74) is 3.18. The lowest BCUT2D eigenvalue weighted by Crippen LogP contribution is -2.36. The summed E-state index contributed by atoms with van der Waals surface area (Å²) < 4.78 is 5.36. The number of anilines is 1. The van der Waals surface area contributed by atoms with Gasteiger partial charge in [0.2, 0.25) is 11.8 Å². The molecule has 0 saturated carbocycles. The van der Waals surface area contributed by atoms with Crippen molar-refractivity contribution in [3.63, 3.8) is 0 Å². The number of carbonyl (C=O) groups excluding carboxylic acids is 2. The van der Waals surface area contributed by atoms with E-state index in [4.69, 9.17) is 16.3 Å². The number of ether oxygens (including phenoxy) is 1. The summed E-state index contributed by atoms with van der Waals surface area (Å²) in [6.45, 7) is 0.549. The highest BCUT2D eigenvalue weighted by molar-refractivity contribution is 6.32. The molecule has 2 aromatic carbocycles. The van der Waals surface area contributed by atoms with Gasteiger partial charge in [0.1, 0.15) is 13.2 Å². The number of aliphatic imine (C=N–C) groups is 1. The Kier molecular flexibility index (Phi) is 6.21. The van der Waals surface area contributed by atoms with Crippen LogP contribution in [0.3, 0.4) is 0 Å². The Balaban J connectivity index is 1.88. The first-order valence-electron chi connectivity index (χ1n) is 8.58. The molecule has 0 spiro atoms. The summed E-state index contributed by atoms with van der Waals surface area (Å²) >= 11 is 6.22. The van der Waals surface area contributed by atoms with Crippen molar-refractivity contribution in [1.82, 2.24) is 5.32 Å². The summed E-state index contributed by atoms with van der Waals surface area (Å²) in [7, 11) is 1.55. The highest BCUT2D eigenvalue weighted by atomic mass is 35.5. The van der Waals surface area contributed by atoms with E-state index in [1.54, 1.807) is 18.0 Å². The van der Waals surface area contributed by atoms with Crippen LogP contribution in [0.1, 0.15) is 11.1 Å². The molecule has 0 radical (unpaired) electrons. The standard InChI is InChI=1S/C20H20ClN3O3/c1-22-18(25)13-27-10-9-24-17-8-7-15(21)11-16(17)20(23-12-19(24)26)14-5-3-2-4-6-14/h2-8,11H,9-10,12-13H2,1H3,(H,22,25). The molecule has 2 aromatic rings. The van der Waals surface area contributed by atoms with Gasteiger partial charge in [-0.05, 0) is 18.2 Å². The summed E-state index contributed by atoms with van der Waals surface area (Å²) in [6, 6.07) is 15.1. The van der Waals surface area contributed by atoms with Crippen molar-refractivity contribution in [2.75, 3.05) is 38.3 Å². The number of benzodiazepines with no additional fused rings is 1. The Labute approximate surface area is 162 Å². The molecule has 0 unspecified atom stereocenters. The molecule has 1 N–H and O–H groups in total. The molecule has 0 bridgehead atoms. The van der Waals surface area contributed by atoms with Crippen LogP contribution >= 0.6 is 11.6 Å². The normalized spacial score (nSPS) is 13.6. The number of nitrogens with one attached hydrogen (secondary N) is 1. The third-order valence-electron chi connectivity index (χ3n) is 4.20. The number of benzene rings is 2. The third-order valence-corrected chi connectivity index (χ3v) is 4.43. The first-order chi connectivity index (χ1) is 13.1. The van der Waals surface area contributed by atoms with E-state index in [1.165, 1.54) is 0 Å². The molecule has 0 aliphatic carbocycles. The van der Waals surface area contributed by atoms with Crippen molar-refractivity contribution < 1.29 is 14.3 Å². The minimum atomic E-state index is -0.209. The second-order valence-electron chi connectivity index (χ2n) is 5.96. The van der Waals surface area contributed by atoms with Crippen LogP contribution in [0.4, 0.5) is 5.69 Å². The van der Waals surface area contributed by atoms with E-state index in [1.807, 2.05) is 42.5 Å². The molecular formula is C20H20ClN3O3. The lowest BCUT2D eigenvalue weighted by Gasteiger charge is -2.23. The zero-order chi connectivity index (χ0) is 19.2. The van der Waals surface area contributed by atoms with Gasteiger partial charge in [0.15, 0.2) is 0 Å². The van der Waals surface area contributed by atoms with Crippen molar-refractivity contribution >= 4 is 34.8 Å². The average Bonchev–Trinajstić information content (AvgIpc) is 2.82. The molecule has 1 aliphatic heterocycles. The van der Waals surface area contributed by atoms with E-state index in [9.17, 15) is 9.59 Å². The second kappa shape index (κ2) is 8.79. The Morgan fingerprint density at radius 3 is 2.78 bits per heavy atom. The molecule has 0 atom stereocenters. The minimum Gasteiger partial charge on any atom is -0.370 e. The molecular weight excluding hydrogens is 366 g/mol. The maximum atomic E-state index is 12.7. The number of carbonyl (C=O) groups is 2. The first kappa shape index (κ1) is 19.1. The maximum absolute atomic E-state index is 12.7. The summed E-state index contributed by atoms with van der Waals surface area (Å²) in [5.74, 6) is -0.341. The molecule has 3 rings (SSSR count). The number of likely N-dealkylation sites (N-methyl/N-ethyl adjacent to an activating group) is 1. The van der Waals surface area contributed by atoms with Gasteiger partial charge in [0.25, 0.3) is 0 Å². The van der Waals surface area contributed by atoms with E-state index in [0.717, 1.165) is 22.5 Å². The lowest BCUT2D eigenvalue weighted by molar-refractivity contribution is -0.125. The van der Waals surface area contributed by atoms with E-state index in [2.05, 4.69) is 10.3 Å². The smallest absolute Gasteiger partial charge is 0.248 e. The molecule has 1 heterocycles. The van der Waals surface area contributed by atoms with Gasteiger partial charge in [-0.25, -0.2) is 0 Å². The average molecular weight is 386 g/mol. The van der Waals surface area contributed by atoms with Crippen LogP contribution in [0.15, 0.2) is 53.5 Å². The highest BCUT2D eigenvalue weighted by Crippen LogP contribution is 2.29. The summed E-state index contributed by atoms with van der Waals surface area (Å²) in [6.07, 6.45) is 0. The molecule has 0 fully saturated rings. The van der Waals surface area contributed by atoms with E-state index < -0.39 is 0 Å². The number of nitrogens with zero attached hydrogens (tertiary/aromatic N) is 2. The van der Waals surface area contributed by atoms with Crippen molar-refractivity contribution in [3.05, 3.63) is 64.7 Å². The molecule has 27 heavy (non-hydrogen) atoms. The quantitative estimate of drug-likeness (QED) is 0.775. The number of amides is 2. The van der Waals surface area contributed by atoms with Crippen LogP contribution in [0.2, 0.25) is 5.02 Å². The zero-order valence-electron chi connectivity index (χ0n) is 14.9. The van der Waals surface area contributed by atoms with Crippen molar-refractivity contribution in [2.45, 2.75) is 0 Å². The lowest BCUT2D eigenvalue weighted by atomic mass is 10.0. The van der Waals surface area contributed by atoms with Crippen LogP contribution < -0.4 is 10.2 Å². The van der Waals surface area contributed by atoms with E-state index >= 15 is 0 Å². The fraction of sp³-hybridized carbons (Fsp3) is 0.250. The number of hydrogen-bond acceptors (Lipinski definition) is 4. The Morgan fingerprint density at radius 2 is 2.04 bits per heavy atom. The molecule has 1 aliphatic rings. The Hall–Kier alpha value is -2.70. The maximum Gasteiger partial charge on any atom is 0.248 e.